The van der Waals surface area contributed by atoms with E-state index in [2.05, 4.69) is 15.1 Å². The Morgan fingerprint density at radius 2 is 1.93 bits per heavy atom. The second kappa shape index (κ2) is 9.11. The van der Waals surface area contributed by atoms with Gasteiger partial charge in [-0.1, -0.05) is 23.7 Å². The van der Waals surface area contributed by atoms with Crippen LogP contribution in [0, 0.1) is 17.0 Å². The number of benzene rings is 2. The smallest absolute Gasteiger partial charge is 0.311 e. The standard InChI is InChI=1S/C20H23ClN4O4/c1-14-11-18(25(27)28)19(29-2)12-16(14)22-20(26)13-23-7-9-24(10-8-23)17-6-4-3-5-15(17)21/h3-6,11-12H,7-10,13H2,1-2H3,(H,22,26). The van der Waals surface area contributed by atoms with Crippen molar-refractivity contribution in [3.05, 3.63) is 57.1 Å². The van der Waals surface area contributed by atoms with Crippen molar-refractivity contribution >= 4 is 34.6 Å². The first kappa shape index (κ1) is 20.9. The van der Waals surface area contributed by atoms with Crippen molar-refractivity contribution in [3.8, 4) is 5.75 Å². The molecule has 1 saturated heterocycles. The Morgan fingerprint density at radius 3 is 2.55 bits per heavy atom. The summed E-state index contributed by atoms with van der Waals surface area (Å²) in [5, 5.41) is 14.7. The summed E-state index contributed by atoms with van der Waals surface area (Å²) in [6.07, 6.45) is 0. The predicted octanol–water partition coefficient (Wildman–Crippen LogP) is 3.33. The third kappa shape index (κ3) is 4.96. The first-order chi connectivity index (χ1) is 13.9. The van der Waals surface area contributed by atoms with Crippen LogP contribution in [0.15, 0.2) is 36.4 Å². The zero-order valence-corrected chi connectivity index (χ0v) is 17.1. The highest BCUT2D eigenvalue weighted by Gasteiger charge is 2.22. The number of carbonyl (C=O) groups excluding carboxylic acids is 1. The van der Waals surface area contributed by atoms with Gasteiger partial charge in [-0.15, -0.1) is 0 Å². The molecule has 2 aromatic carbocycles. The number of piperazine rings is 1. The maximum absolute atomic E-state index is 12.5. The number of amides is 1. The number of anilines is 2. The molecule has 0 atom stereocenters. The van der Waals surface area contributed by atoms with E-state index >= 15 is 0 Å². The van der Waals surface area contributed by atoms with E-state index in [1.165, 1.54) is 19.2 Å². The quantitative estimate of drug-likeness (QED) is 0.572. The zero-order valence-electron chi connectivity index (χ0n) is 16.4. The second-order valence-electron chi connectivity index (χ2n) is 6.86. The third-order valence-electron chi connectivity index (χ3n) is 4.93. The number of methoxy groups -OCH3 is 1. The number of nitrogens with one attached hydrogen (secondary N) is 1. The molecule has 0 spiro atoms. The Hall–Kier alpha value is -2.84. The van der Waals surface area contributed by atoms with E-state index in [0.717, 1.165) is 36.9 Å². The number of hydrogen-bond acceptors (Lipinski definition) is 6. The van der Waals surface area contributed by atoms with E-state index in [4.69, 9.17) is 16.3 Å². The molecule has 0 aromatic heterocycles. The van der Waals surface area contributed by atoms with E-state index in [9.17, 15) is 14.9 Å². The van der Waals surface area contributed by atoms with E-state index < -0.39 is 4.92 Å². The van der Waals surface area contributed by atoms with Gasteiger partial charge < -0.3 is 15.0 Å². The number of aryl methyl sites for hydroxylation is 1. The van der Waals surface area contributed by atoms with Crippen molar-refractivity contribution in [2.75, 3.05) is 50.1 Å². The molecular formula is C20H23ClN4O4. The lowest BCUT2D eigenvalue weighted by atomic mass is 10.1. The van der Waals surface area contributed by atoms with Gasteiger partial charge in [-0.3, -0.25) is 19.8 Å². The van der Waals surface area contributed by atoms with Crippen LogP contribution < -0.4 is 15.0 Å². The fourth-order valence-corrected chi connectivity index (χ4v) is 3.62. The highest BCUT2D eigenvalue weighted by Crippen LogP contribution is 2.32. The number of hydrogen-bond donors (Lipinski definition) is 1. The first-order valence-corrected chi connectivity index (χ1v) is 9.61. The summed E-state index contributed by atoms with van der Waals surface area (Å²) < 4.78 is 5.08. The van der Waals surface area contributed by atoms with Crippen LogP contribution in [0.4, 0.5) is 17.1 Å². The average Bonchev–Trinajstić information content (AvgIpc) is 2.70. The molecule has 2 aromatic rings. The molecule has 1 aliphatic heterocycles. The normalized spacial score (nSPS) is 14.5. The number of rotatable bonds is 6. The molecule has 1 fully saturated rings. The molecule has 8 nitrogen and oxygen atoms in total. The van der Waals surface area contributed by atoms with Gasteiger partial charge in [-0.25, -0.2) is 0 Å². The molecular weight excluding hydrogens is 396 g/mol. The largest absolute Gasteiger partial charge is 0.490 e. The van der Waals surface area contributed by atoms with Gasteiger partial charge >= 0.3 is 5.69 Å². The van der Waals surface area contributed by atoms with Gasteiger partial charge in [0, 0.05) is 44.0 Å². The van der Waals surface area contributed by atoms with E-state index in [1.807, 2.05) is 24.3 Å². The molecule has 0 unspecified atom stereocenters. The molecule has 1 amide bonds. The van der Waals surface area contributed by atoms with Crippen LogP contribution in [0.2, 0.25) is 5.02 Å². The molecule has 1 aliphatic rings. The van der Waals surface area contributed by atoms with Crippen molar-refractivity contribution in [2.24, 2.45) is 0 Å². The minimum Gasteiger partial charge on any atom is -0.490 e. The minimum absolute atomic E-state index is 0.115. The van der Waals surface area contributed by atoms with Gasteiger partial charge in [-0.2, -0.15) is 0 Å². The summed E-state index contributed by atoms with van der Waals surface area (Å²) in [6, 6.07) is 10.6. The topological polar surface area (TPSA) is 88.0 Å². The summed E-state index contributed by atoms with van der Waals surface area (Å²) in [7, 11) is 1.36. The molecule has 9 heteroatoms. The fraction of sp³-hybridized carbons (Fsp3) is 0.350. The predicted molar refractivity (Wildman–Crippen MR) is 113 cm³/mol. The highest BCUT2D eigenvalue weighted by atomic mass is 35.5. The lowest BCUT2D eigenvalue weighted by molar-refractivity contribution is -0.385. The minimum atomic E-state index is -0.504. The Bertz CT molecular complexity index is 913. The van der Waals surface area contributed by atoms with Crippen LogP contribution in [0.1, 0.15) is 5.56 Å². The summed E-state index contributed by atoms with van der Waals surface area (Å²) >= 11 is 6.27. The maximum atomic E-state index is 12.5. The maximum Gasteiger partial charge on any atom is 0.311 e. The van der Waals surface area contributed by atoms with Gasteiger partial charge in [0.15, 0.2) is 5.75 Å². The number of nitro groups is 1. The highest BCUT2D eigenvalue weighted by molar-refractivity contribution is 6.33. The SMILES string of the molecule is COc1cc(NC(=O)CN2CCN(c3ccccc3Cl)CC2)c(C)cc1[N+](=O)[O-]. The number of nitrogens with zero attached hydrogens (tertiary/aromatic N) is 3. The van der Waals surface area contributed by atoms with Crippen molar-refractivity contribution in [1.82, 2.24) is 4.90 Å². The Kier molecular flexibility index (Phi) is 6.56. The van der Waals surface area contributed by atoms with Gasteiger partial charge in [0.1, 0.15) is 0 Å². The molecule has 1 N–H and O–H groups in total. The molecule has 1 heterocycles. The molecule has 3 rings (SSSR count). The number of carbonyl (C=O) groups is 1. The molecule has 0 saturated carbocycles. The van der Waals surface area contributed by atoms with Crippen LogP contribution in [-0.4, -0.2) is 55.6 Å². The third-order valence-corrected chi connectivity index (χ3v) is 5.25. The van der Waals surface area contributed by atoms with Crippen LogP contribution in [0.25, 0.3) is 0 Å². The second-order valence-corrected chi connectivity index (χ2v) is 7.27. The van der Waals surface area contributed by atoms with Crippen molar-refractivity contribution < 1.29 is 14.5 Å². The summed E-state index contributed by atoms with van der Waals surface area (Å²) in [5.41, 5.74) is 1.99. The van der Waals surface area contributed by atoms with E-state index in [1.54, 1.807) is 6.92 Å². The molecule has 0 bridgehead atoms. The molecule has 0 aliphatic carbocycles. The molecule has 29 heavy (non-hydrogen) atoms. The van der Waals surface area contributed by atoms with Crippen LogP contribution in [-0.2, 0) is 4.79 Å². The fourth-order valence-electron chi connectivity index (χ4n) is 3.36. The number of para-hydroxylation sites is 1. The van der Waals surface area contributed by atoms with Crippen molar-refractivity contribution in [3.63, 3.8) is 0 Å². The van der Waals surface area contributed by atoms with Crippen LogP contribution in [0.5, 0.6) is 5.75 Å². The lowest BCUT2D eigenvalue weighted by Gasteiger charge is -2.36. The molecule has 154 valence electrons. The van der Waals surface area contributed by atoms with Crippen LogP contribution >= 0.6 is 11.6 Å². The van der Waals surface area contributed by atoms with E-state index in [0.29, 0.717) is 11.3 Å². The summed E-state index contributed by atoms with van der Waals surface area (Å²) in [5.74, 6) is -0.0561. The van der Waals surface area contributed by atoms with Crippen molar-refractivity contribution in [2.45, 2.75) is 6.92 Å². The zero-order chi connectivity index (χ0) is 21.0. The first-order valence-electron chi connectivity index (χ1n) is 9.23. The monoisotopic (exact) mass is 418 g/mol. The lowest BCUT2D eigenvalue weighted by Crippen LogP contribution is -2.48. The Labute approximate surface area is 174 Å². The van der Waals surface area contributed by atoms with Crippen molar-refractivity contribution in [1.29, 1.82) is 0 Å². The number of ether oxygens (including phenoxy) is 1. The number of halogens is 1. The van der Waals surface area contributed by atoms with Gasteiger partial charge in [-0.05, 0) is 24.6 Å². The number of nitro benzene ring substituents is 1. The van der Waals surface area contributed by atoms with Crippen LogP contribution in [0.3, 0.4) is 0 Å². The summed E-state index contributed by atoms with van der Waals surface area (Å²) in [4.78, 5) is 27.4. The van der Waals surface area contributed by atoms with Gasteiger partial charge in [0.05, 0.1) is 29.3 Å². The van der Waals surface area contributed by atoms with Gasteiger partial charge in [0.2, 0.25) is 5.91 Å². The molecule has 0 radical (unpaired) electrons. The summed E-state index contributed by atoms with van der Waals surface area (Å²) in [6.45, 7) is 4.99. The average molecular weight is 419 g/mol. The van der Waals surface area contributed by atoms with Gasteiger partial charge in [0.25, 0.3) is 0 Å². The Morgan fingerprint density at radius 1 is 1.24 bits per heavy atom. The Balaban J connectivity index is 1.58. The van der Waals surface area contributed by atoms with E-state index in [-0.39, 0.29) is 23.9 Å².